The maximum atomic E-state index is 13.1. The Balaban J connectivity index is 2.04. The molecule has 20 heavy (non-hydrogen) atoms. The molecule has 3 aromatic rings. The Morgan fingerprint density at radius 1 is 1.10 bits per heavy atom. The SMILES string of the molecule is Cc1cc(F)ccc1Oc1ccc2cnccc2c1N. The second-order valence-electron chi connectivity index (χ2n) is 4.59. The molecule has 0 aliphatic heterocycles. The Morgan fingerprint density at radius 3 is 2.70 bits per heavy atom. The first-order chi connectivity index (χ1) is 9.65. The zero-order valence-corrected chi connectivity index (χ0v) is 10.9. The van der Waals surface area contributed by atoms with E-state index in [9.17, 15) is 4.39 Å². The normalized spacial score (nSPS) is 10.7. The summed E-state index contributed by atoms with van der Waals surface area (Å²) in [5, 5.41) is 1.84. The molecule has 2 aromatic carbocycles. The van der Waals surface area contributed by atoms with Gasteiger partial charge in [0.05, 0.1) is 5.69 Å². The highest BCUT2D eigenvalue weighted by Gasteiger charge is 2.08. The molecule has 0 aliphatic carbocycles. The number of rotatable bonds is 2. The zero-order chi connectivity index (χ0) is 14.1. The second kappa shape index (κ2) is 4.81. The van der Waals surface area contributed by atoms with Crippen LogP contribution >= 0.6 is 0 Å². The Morgan fingerprint density at radius 2 is 1.90 bits per heavy atom. The number of hydrogen-bond donors (Lipinski definition) is 1. The van der Waals surface area contributed by atoms with Crippen LogP contribution in [-0.2, 0) is 0 Å². The Labute approximate surface area is 115 Å². The summed E-state index contributed by atoms with van der Waals surface area (Å²) in [4.78, 5) is 4.05. The van der Waals surface area contributed by atoms with Crippen molar-refractivity contribution in [3.05, 3.63) is 60.2 Å². The van der Waals surface area contributed by atoms with Crippen LogP contribution in [0.2, 0.25) is 0 Å². The zero-order valence-electron chi connectivity index (χ0n) is 10.9. The first-order valence-corrected chi connectivity index (χ1v) is 6.21. The third-order valence-electron chi connectivity index (χ3n) is 3.18. The number of anilines is 1. The van der Waals surface area contributed by atoms with Crippen molar-refractivity contribution in [3.8, 4) is 11.5 Å². The fourth-order valence-corrected chi connectivity index (χ4v) is 2.11. The molecule has 0 bridgehead atoms. The van der Waals surface area contributed by atoms with Crippen molar-refractivity contribution >= 4 is 16.5 Å². The molecule has 4 heteroatoms. The largest absolute Gasteiger partial charge is 0.455 e. The summed E-state index contributed by atoms with van der Waals surface area (Å²) in [5.41, 5.74) is 7.39. The van der Waals surface area contributed by atoms with Gasteiger partial charge in [-0.3, -0.25) is 4.98 Å². The molecule has 100 valence electrons. The predicted octanol–water partition coefficient (Wildman–Crippen LogP) is 4.06. The number of benzene rings is 2. The lowest BCUT2D eigenvalue weighted by atomic mass is 10.1. The average Bonchev–Trinajstić information content (AvgIpc) is 2.45. The van der Waals surface area contributed by atoms with Crippen molar-refractivity contribution in [2.75, 3.05) is 5.73 Å². The molecule has 0 saturated carbocycles. The van der Waals surface area contributed by atoms with Crippen molar-refractivity contribution in [1.29, 1.82) is 0 Å². The minimum absolute atomic E-state index is 0.285. The molecular weight excluding hydrogens is 255 g/mol. The van der Waals surface area contributed by atoms with E-state index in [1.165, 1.54) is 12.1 Å². The predicted molar refractivity (Wildman–Crippen MR) is 77.4 cm³/mol. The van der Waals surface area contributed by atoms with Crippen molar-refractivity contribution in [2.24, 2.45) is 0 Å². The van der Waals surface area contributed by atoms with E-state index in [-0.39, 0.29) is 5.82 Å². The lowest BCUT2D eigenvalue weighted by Gasteiger charge is -2.12. The van der Waals surface area contributed by atoms with Gasteiger partial charge in [-0.05, 0) is 48.9 Å². The number of fused-ring (bicyclic) bond motifs is 1. The topological polar surface area (TPSA) is 48.1 Å². The van der Waals surface area contributed by atoms with Gasteiger partial charge < -0.3 is 10.5 Å². The molecule has 0 spiro atoms. The Bertz CT molecular complexity index is 787. The van der Waals surface area contributed by atoms with E-state index in [1.54, 1.807) is 31.5 Å². The van der Waals surface area contributed by atoms with E-state index in [0.29, 0.717) is 17.2 Å². The summed E-state index contributed by atoms with van der Waals surface area (Å²) in [7, 11) is 0. The van der Waals surface area contributed by atoms with Gasteiger partial charge in [-0.25, -0.2) is 4.39 Å². The molecule has 0 amide bonds. The molecule has 0 fully saturated rings. The smallest absolute Gasteiger partial charge is 0.150 e. The molecule has 0 saturated heterocycles. The highest BCUT2D eigenvalue weighted by Crippen LogP contribution is 2.34. The minimum atomic E-state index is -0.285. The monoisotopic (exact) mass is 268 g/mol. The summed E-state index contributed by atoms with van der Waals surface area (Å²) in [5.74, 6) is 0.859. The van der Waals surface area contributed by atoms with E-state index < -0.39 is 0 Å². The lowest BCUT2D eigenvalue weighted by molar-refractivity contribution is 0.479. The first kappa shape index (κ1) is 12.4. The van der Waals surface area contributed by atoms with Gasteiger partial charge in [0.2, 0.25) is 0 Å². The van der Waals surface area contributed by atoms with Crippen LogP contribution in [0.25, 0.3) is 10.8 Å². The van der Waals surface area contributed by atoms with Crippen LogP contribution < -0.4 is 10.5 Å². The molecule has 0 aliphatic rings. The number of aromatic nitrogens is 1. The van der Waals surface area contributed by atoms with Crippen LogP contribution in [0.4, 0.5) is 10.1 Å². The Hall–Kier alpha value is -2.62. The van der Waals surface area contributed by atoms with Crippen LogP contribution in [0.5, 0.6) is 11.5 Å². The maximum absolute atomic E-state index is 13.1. The molecule has 3 rings (SSSR count). The summed E-state index contributed by atoms with van der Waals surface area (Å²) in [6.07, 6.45) is 3.43. The van der Waals surface area contributed by atoms with Crippen LogP contribution in [0.1, 0.15) is 5.56 Å². The fraction of sp³-hybridized carbons (Fsp3) is 0.0625. The van der Waals surface area contributed by atoms with Crippen molar-refractivity contribution < 1.29 is 9.13 Å². The third-order valence-corrected chi connectivity index (χ3v) is 3.18. The maximum Gasteiger partial charge on any atom is 0.150 e. The van der Waals surface area contributed by atoms with E-state index in [0.717, 1.165) is 16.3 Å². The van der Waals surface area contributed by atoms with Gasteiger partial charge >= 0.3 is 0 Å². The number of ether oxygens (including phenoxy) is 1. The molecule has 0 atom stereocenters. The summed E-state index contributed by atoms with van der Waals surface area (Å²) in [6, 6.07) is 9.92. The van der Waals surface area contributed by atoms with Crippen LogP contribution in [0.15, 0.2) is 48.8 Å². The van der Waals surface area contributed by atoms with Crippen molar-refractivity contribution in [1.82, 2.24) is 4.98 Å². The van der Waals surface area contributed by atoms with Gasteiger partial charge in [0.1, 0.15) is 11.6 Å². The van der Waals surface area contributed by atoms with Crippen molar-refractivity contribution in [2.45, 2.75) is 6.92 Å². The second-order valence-corrected chi connectivity index (χ2v) is 4.59. The third kappa shape index (κ3) is 2.16. The molecule has 3 nitrogen and oxygen atoms in total. The van der Waals surface area contributed by atoms with Crippen LogP contribution in [0, 0.1) is 12.7 Å². The number of pyridine rings is 1. The number of hydrogen-bond acceptors (Lipinski definition) is 3. The number of nitrogens with two attached hydrogens (primary N) is 1. The standard InChI is InChI=1S/C16H13FN2O/c1-10-8-12(17)3-5-14(10)20-15-4-2-11-9-19-7-6-13(11)16(15)18/h2-9H,18H2,1H3. The van der Waals surface area contributed by atoms with E-state index >= 15 is 0 Å². The molecule has 1 heterocycles. The number of aryl methyl sites for hydroxylation is 1. The average molecular weight is 268 g/mol. The van der Waals surface area contributed by atoms with Gasteiger partial charge in [-0.2, -0.15) is 0 Å². The van der Waals surface area contributed by atoms with Crippen LogP contribution in [-0.4, -0.2) is 4.98 Å². The van der Waals surface area contributed by atoms with Gasteiger partial charge in [-0.1, -0.05) is 0 Å². The first-order valence-electron chi connectivity index (χ1n) is 6.21. The quantitative estimate of drug-likeness (QED) is 0.713. The summed E-state index contributed by atoms with van der Waals surface area (Å²) < 4.78 is 18.9. The number of nitrogens with zero attached hydrogens (tertiary/aromatic N) is 1. The van der Waals surface area contributed by atoms with Crippen molar-refractivity contribution in [3.63, 3.8) is 0 Å². The van der Waals surface area contributed by atoms with Gasteiger partial charge in [0, 0.05) is 23.2 Å². The molecule has 2 N–H and O–H groups in total. The minimum Gasteiger partial charge on any atom is -0.455 e. The van der Waals surface area contributed by atoms with E-state index in [2.05, 4.69) is 4.98 Å². The van der Waals surface area contributed by atoms with Gasteiger partial charge in [0.25, 0.3) is 0 Å². The summed E-state index contributed by atoms with van der Waals surface area (Å²) >= 11 is 0. The fourth-order valence-electron chi connectivity index (χ4n) is 2.11. The molecule has 0 radical (unpaired) electrons. The number of nitrogen functional groups attached to an aromatic ring is 1. The molecule has 1 aromatic heterocycles. The summed E-state index contributed by atoms with van der Waals surface area (Å²) in [6.45, 7) is 1.79. The number of halogens is 1. The van der Waals surface area contributed by atoms with Crippen LogP contribution in [0.3, 0.4) is 0 Å². The molecular formula is C16H13FN2O. The van der Waals surface area contributed by atoms with E-state index in [1.807, 2.05) is 12.1 Å². The lowest BCUT2D eigenvalue weighted by Crippen LogP contribution is -1.95. The Kier molecular flexibility index (Phi) is 2.99. The highest BCUT2D eigenvalue weighted by atomic mass is 19.1. The molecule has 0 unspecified atom stereocenters. The van der Waals surface area contributed by atoms with E-state index in [4.69, 9.17) is 10.5 Å². The van der Waals surface area contributed by atoms with Gasteiger partial charge in [0.15, 0.2) is 5.75 Å². The van der Waals surface area contributed by atoms with Gasteiger partial charge in [-0.15, -0.1) is 0 Å². The highest BCUT2D eigenvalue weighted by molar-refractivity contribution is 5.95.